The SMILES string of the molecule is CCC(C)C(=O)N1CCCC(C(=O)N(C)CCNC)C1.Cl. The molecule has 1 rings (SSSR count). The van der Waals surface area contributed by atoms with Crippen LogP contribution >= 0.6 is 12.4 Å². The van der Waals surface area contributed by atoms with Crippen LogP contribution in [0.5, 0.6) is 0 Å². The normalized spacial score (nSPS) is 19.6. The largest absolute Gasteiger partial charge is 0.344 e. The van der Waals surface area contributed by atoms with Gasteiger partial charge in [-0.1, -0.05) is 13.8 Å². The molecule has 124 valence electrons. The van der Waals surface area contributed by atoms with Crippen LogP contribution in [0.25, 0.3) is 0 Å². The van der Waals surface area contributed by atoms with Crippen LogP contribution in [0.4, 0.5) is 0 Å². The molecule has 1 aliphatic heterocycles. The predicted molar refractivity (Wildman–Crippen MR) is 87.6 cm³/mol. The van der Waals surface area contributed by atoms with Crippen molar-refractivity contribution in [2.24, 2.45) is 11.8 Å². The fraction of sp³-hybridized carbons (Fsp3) is 0.867. The fourth-order valence-electron chi connectivity index (χ4n) is 2.57. The molecule has 6 heteroatoms. The smallest absolute Gasteiger partial charge is 0.227 e. The van der Waals surface area contributed by atoms with Crippen LogP contribution in [0.1, 0.15) is 33.1 Å². The Morgan fingerprint density at radius 2 is 2.10 bits per heavy atom. The van der Waals surface area contributed by atoms with Crippen molar-refractivity contribution in [3.8, 4) is 0 Å². The van der Waals surface area contributed by atoms with Crippen LogP contribution in [0.3, 0.4) is 0 Å². The zero-order chi connectivity index (χ0) is 15.1. The van der Waals surface area contributed by atoms with Crippen molar-refractivity contribution in [3.63, 3.8) is 0 Å². The second-order valence-corrected chi connectivity index (χ2v) is 5.80. The van der Waals surface area contributed by atoms with E-state index in [0.717, 1.165) is 32.4 Å². The molecule has 0 aromatic rings. The summed E-state index contributed by atoms with van der Waals surface area (Å²) in [4.78, 5) is 28.3. The summed E-state index contributed by atoms with van der Waals surface area (Å²) in [5.41, 5.74) is 0. The van der Waals surface area contributed by atoms with Gasteiger partial charge in [0.1, 0.15) is 0 Å². The Bertz CT molecular complexity index is 339. The lowest BCUT2D eigenvalue weighted by Gasteiger charge is -2.35. The molecule has 0 saturated carbocycles. The number of halogens is 1. The molecule has 0 radical (unpaired) electrons. The molecule has 2 unspecified atom stereocenters. The van der Waals surface area contributed by atoms with E-state index in [1.165, 1.54) is 0 Å². The Kier molecular flexibility index (Phi) is 9.62. The van der Waals surface area contributed by atoms with E-state index in [1.54, 1.807) is 4.90 Å². The molecule has 1 heterocycles. The number of piperidine rings is 1. The second kappa shape index (κ2) is 10.0. The first kappa shape index (κ1) is 20.2. The minimum absolute atomic E-state index is 0. The second-order valence-electron chi connectivity index (χ2n) is 5.80. The number of carbonyl (C=O) groups is 2. The minimum Gasteiger partial charge on any atom is -0.344 e. The lowest BCUT2D eigenvalue weighted by molar-refractivity contribution is -0.141. The molecule has 21 heavy (non-hydrogen) atoms. The molecule has 1 saturated heterocycles. The molecule has 0 aromatic carbocycles. The highest BCUT2D eigenvalue weighted by molar-refractivity contribution is 5.85. The van der Waals surface area contributed by atoms with Crippen LogP contribution < -0.4 is 5.32 Å². The lowest BCUT2D eigenvalue weighted by atomic mass is 9.95. The molecule has 1 fully saturated rings. The summed E-state index contributed by atoms with van der Waals surface area (Å²) < 4.78 is 0. The van der Waals surface area contributed by atoms with E-state index in [0.29, 0.717) is 13.1 Å². The molecule has 0 aromatic heterocycles. The first-order valence-electron chi connectivity index (χ1n) is 7.69. The van der Waals surface area contributed by atoms with Gasteiger partial charge in [0.05, 0.1) is 5.92 Å². The maximum atomic E-state index is 12.4. The number of likely N-dealkylation sites (tertiary alicyclic amines) is 1. The highest BCUT2D eigenvalue weighted by Crippen LogP contribution is 2.20. The number of hydrogen-bond acceptors (Lipinski definition) is 3. The Morgan fingerprint density at radius 3 is 2.67 bits per heavy atom. The summed E-state index contributed by atoms with van der Waals surface area (Å²) in [6.45, 7) is 6.89. The monoisotopic (exact) mass is 319 g/mol. The van der Waals surface area contributed by atoms with Crippen molar-refractivity contribution in [1.82, 2.24) is 15.1 Å². The number of amides is 2. The third-order valence-corrected chi connectivity index (χ3v) is 4.19. The maximum absolute atomic E-state index is 12.4. The van der Waals surface area contributed by atoms with Gasteiger partial charge < -0.3 is 15.1 Å². The summed E-state index contributed by atoms with van der Waals surface area (Å²) in [5, 5.41) is 3.05. The zero-order valence-corrected chi connectivity index (χ0v) is 14.5. The molecular weight excluding hydrogens is 290 g/mol. The van der Waals surface area contributed by atoms with Gasteiger partial charge in [0, 0.05) is 39.1 Å². The van der Waals surface area contributed by atoms with Gasteiger partial charge in [0.25, 0.3) is 0 Å². The van der Waals surface area contributed by atoms with Gasteiger partial charge in [0.15, 0.2) is 0 Å². The summed E-state index contributed by atoms with van der Waals surface area (Å²) in [7, 11) is 3.72. The zero-order valence-electron chi connectivity index (χ0n) is 13.7. The number of nitrogens with one attached hydrogen (secondary N) is 1. The molecular formula is C15H30ClN3O2. The van der Waals surface area contributed by atoms with Crippen molar-refractivity contribution < 1.29 is 9.59 Å². The van der Waals surface area contributed by atoms with Crippen LogP contribution in [0, 0.1) is 11.8 Å². The minimum atomic E-state index is -0.0291. The third-order valence-electron chi connectivity index (χ3n) is 4.19. The average molecular weight is 320 g/mol. The van der Waals surface area contributed by atoms with E-state index in [9.17, 15) is 9.59 Å². The van der Waals surface area contributed by atoms with Gasteiger partial charge in [-0.15, -0.1) is 12.4 Å². The van der Waals surface area contributed by atoms with Crippen molar-refractivity contribution in [2.45, 2.75) is 33.1 Å². The van der Waals surface area contributed by atoms with Crippen molar-refractivity contribution >= 4 is 24.2 Å². The molecule has 2 amide bonds. The molecule has 2 atom stereocenters. The molecule has 1 N–H and O–H groups in total. The van der Waals surface area contributed by atoms with Gasteiger partial charge in [-0.2, -0.15) is 0 Å². The van der Waals surface area contributed by atoms with Crippen molar-refractivity contribution in [3.05, 3.63) is 0 Å². The van der Waals surface area contributed by atoms with Crippen LogP contribution in [0.2, 0.25) is 0 Å². The van der Waals surface area contributed by atoms with Gasteiger partial charge in [-0.25, -0.2) is 0 Å². The third kappa shape index (κ3) is 5.83. The summed E-state index contributed by atoms with van der Waals surface area (Å²) >= 11 is 0. The Labute approximate surface area is 134 Å². The number of rotatable bonds is 6. The Morgan fingerprint density at radius 1 is 1.43 bits per heavy atom. The summed E-state index contributed by atoms with van der Waals surface area (Å²) in [6.07, 6.45) is 2.68. The number of carbonyl (C=O) groups excluding carboxylic acids is 2. The molecule has 1 aliphatic rings. The molecule has 0 bridgehead atoms. The van der Waals surface area contributed by atoms with E-state index >= 15 is 0 Å². The van der Waals surface area contributed by atoms with Crippen LogP contribution in [-0.4, -0.2) is 61.9 Å². The van der Waals surface area contributed by atoms with E-state index in [-0.39, 0.29) is 36.1 Å². The average Bonchev–Trinajstić information content (AvgIpc) is 2.50. The summed E-state index contributed by atoms with van der Waals surface area (Å²) in [6, 6.07) is 0. The maximum Gasteiger partial charge on any atom is 0.227 e. The van der Waals surface area contributed by atoms with E-state index in [1.807, 2.05) is 32.8 Å². The van der Waals surface area contributed by atoms with Gasteiger partial charge in [0.2, 0.25) is 11.8 Å². The molecule has 0 aliphatic carbocycles. The molecule has 5 nitrogen and oxygen atoms in total. The topological polar surface area (TPSA) is 52.7 Å². The van der Waals surface area contributed by atoms with E-state index in [4.69, 9.17) is 0 Å². The number of nitrogens with zero attached hydrogens (tertiary/aromatic N) is 2. The summed E-state index contributed by atoms with van der Waals surface area (Å²) in [5.74, 6) is 0.397. The highest BCUT2D eigenvalue weighted by atomic mass is 35.5. The quantitative estimate of drug-likeness (QED) is 0.804. The van der Waals surface area contributed by atoms with Gasteiger partial charge >= 0.3 is 0 Å². The van der Waals surface area contributed by atoms with Crippen LogP contribution in [-0.2, 0) is 9.59 Å². The predicted octanol–water partition coefficient (Wildman–Crippen LogP) is 1.37. The van der Waals surface area contributed by atoms with Gasteiger partial charge in [-0.3, -0.25) is 9.59 Å². The van der Waals surface area contributed by atoms with E-state index in [2.05, 4.69) is 5.32 Å². The first-order chi connectivity index (χ1) is 9.51. The van der Waals surface area contributed by atoms with Crippen LogP contribution in [0.15, 0.2) is 0 Å². The Hall–Kier alpha value is -0.810. The number of hydrogen-bond donors (Lipinski definition) is 1. The van der Waals surface area contributed by atoms with E-state index < -0.39 is 0 Å². The Balaban J connectivity index is 0.00000400. The number of likely N-dealkylation sites (N-methyl/N-ethyl adjacent to an activating group) is 2. The molecule has 0 spiro atoms. The van der Waals surface area contributed by atoms with Crippen molar-refractivity contribution in [2.75, 3.05) is 40.3 Å². The lowest BCUT2D eigenvalue weighted by Crippen LogP contribution is -2.48. The fourth-order valence-corrected chi connectivity index (χ4v) is 2.57. The standard InChI is InChI=1S/C15H29N3O2.ClH/c1-5-12(2)14(19)18-9-6-7-13(11-18)15(20)17(4)10-8-16-3;/h12-13,16H,5-11H2,1-4H3;1H. The highest BCUT2D eigenvalue weighted by Gasteiger charge is 2.31. The van der Waals surface area contributed by atoms with Crippen molar-refractivity contribution in [1.29, 1.82) is 0 Å². The van der Waals surface area contributed by atoms with Gasteiger partial charge in [-0.05, 0) is 26.3 Å². The first-order valence-corrected chi connectivity index (χ1v) is 7.69.